The average Bonchev–Trinajstić information content (AvgIpc) is 3.19. The number of carboxylic acid groups (broad SMARTS) is 1. The Hall–Kier alpha value is -2.86. The Labute approximate surface area is 147 Å². The molecule has 7 heteroatoms. The molecule has 4 rings (SSSR count). The Morgan fingerprint density at radius 1 is 1.28 bits per heavy atom. The number of aromatic nitrogens is 1. The fourth-order valence-electron chi connectivity index (χ4n) is 2.95. The van der Waals surface area contributed by atoms with E-state index >= 15 is 0 Å². The molecular weight excluding hydrogens is 344 g/mol. The second kappa shape index (κ2) is 5.89. The van der Waals surface area contributed by atoms with Gasteiger partial charge in [0.15, 0.2) is 5.58 Å². The van der Waals surface area contributed by atoms with Gasteiger partial charge in [0, 0.05) is 18.7 Å². The first kappa shape index (κ1) is 15.7. The van der Waals surface area contributed by atoms with Crippen molar-refractivity contribution >= 4 is 40.3 Å². The van der Waals surface area contributed by atoms with Crippen molar-refractivity contribution in [2.45, 2.75) is 6.42 Å². The number of rotatable bonds is 3. The van der Waals surface area contributed by atoms with Crippen LogP contribution in [0.4, 0.5) is 5.69 Å². The molecule has 1 aliphatic rings. The van der Waals surface area contributed by atoms with Crippen LogP contribution in [-0.4, -0.2) is 28.5 Å². The van der Waals surface area contributed by atoms with Gasteiger partial charge in [0.1, 0.15) is 5.52 Å². The minimum atomic E-state index is -0.969. The molecule has 0 unspecified atom stereocenters. The summed E-state index contributed by atoms with van der Waals surface area (Å²) in [5.74, 6) is -1.53. The van der Waals surface area contributed by atoms with Crippen molar-refractivity contribution in [3.8, 4) is 11.5 Å². The summed E-state index contributed by atoms with van der Waals surface area (Å²) in [6.45, 7) is 0.142. The summed E-state index contributed by atoms with van der Waals surface area (Å²) >= 11 is 6.28. The van der Waals surface area contributed by atoms with Crippen molar-refractivity contribution in [3.63, 3.8) is 0 Å². The van der Waals surface area contributed by atoms with Crippen molar-refractivity contribution in [1.29, 1.82) is 0 Å². The molecule has 0 bridgehead atoms. The number of amides is 1. The van der Waals surface area contributed by atoms with Crippen LogP contribution in [0.3, 0.4) is 0 Å². The number of benzene rings is 2. The second-order valence-corrected chi connectivity index (χ2v) is 6.30. The van der Waals surface area contributed by atoms with E-state index in [1.807, 2.05) is 24.3 Å². The number of carbonyl (C=O) groups is 2. The van der Waals surface area contributed by atoms with Crippen molar-refractivity contribution < 1.29 is 19.1 Å². The molecule has 1 N–H and O–H groups in total. The number of para-hydroxylation sites is 2. The highest BCUT2D eigenvalue weighted by atomic mass is 35.5. The van der Waals surface area contributed by atoms with Crippen molar-refractivity contribution in [2.75, 3.05) is 11.4 Å². The molecule has 3 aromatic rings. The van der Waals surface area contributed by atoms with E-state index in [0.29, 0.717) is 33.3 Å². The van der Waals surface area contributed by atoms with Gasteiger partial charge in [-0.05, 0) is 30.3 Å². The van der Waals surface area contributed by atoms with Crippen LogP contribution in [0.2, 0.25) is 5.02 Å². The zero-order valence-corrected chi connectivity index (χ0v) is 13.7. The second-order valence-electron chi connectivity index (χ2n) is 5.89. The van der Waals surface area contributed by atoms with Crippen LogP contribution in [0.1, 0.15) is 6.42 Å². The lowest BCUT2D eigenvalue weighted by molar-refractivity contribution is -0.141. The first-order chi connectivity index (χ1) is 12.0. The van der Waals surface area contributed by atoms with E-state index in [1.54, 1.807) is 18.2 Å². The molecule has 0 radical (unpaired) electrons. The Morgan fingerprint density at radius 3 is 2.80 bits per heavy atom. The molecule has 1 amide bonds. The van der Waals surface area contributed by atoms with Crippen molar-refractivity contribution in [2.24, 2.45) is 5.92 Å². The van der Waals surface area contributed by atoms with E-state index in [4.69, 9.17) is 21.1 Å². The average molecular weight is 357 g/mol. The molecule has 0 spiro atoms. The Morgan fingerprint density at radius 2 is 2.08 bits per heavy atom. The summed E-state index contributed by atoms with van der Waals surface area (Å²) in [6, 6.07) is 12.4. The minimum Gasteiger partial charge on any atom is -0.481 e. The standard InChI is InChI=1S/C18H13ClN2O4/c19-13-6-5-11(21-9-10(18(23)24)7-16(21)22)8-12(13)17-20-14-3-1-2-4-15(14)25-17/h1-6,8,10H,7,9H2,(H,23,24)/t10-/m1/s1. The molecule has 1 fully saturated rings. The van der Waals surface area contributed by atoms with Gasteiger partial charge in [0.2, 0.25) is 11.8 Å². The van der Waals surface area contributed by atoms with Crippen LogP contribution < -0.4 is 4.90 Å². The number of carbonyl (C=O) groups excluding carboxylic acids is 1. The summed E-state index contributed by atoms with van der Waals surface area (Å²) in [5, 5.41) is 9.57. The molecule has 2 heterocycles. The van der Waals surface area contributed by atoms with Crippen molar-refractivity contribution in [3.05, 3.63) is 47.5 Å². The van der Waals surface area contributed by atoms with Gasteiger partial charge in [-0.15, -0.1) is 0 Å². The number of hydrogen-bond acceptors (Lipinski definition) is 4. The number of hydrogen-bond donors (Lipinski definition) is 1. The molecule has 1 aromatic heterocycles. The number of oxazole rings is 1. The molecule has 0 aliphatic carbocycles. The lowest BCUT2D eigenvalue weighted by atomic mass is 10.1. The normalized spacial score (nSPS) is 17.4. The maximum absolute atomic E-state index is 12.2. The van der Waals surface area contributed by atoms with Gasteiger partial charge in [-0.3, -0.25) is 9.59 Å². The maximum Gasteiger partial charge on any atom is 0.308 e. The molecule has 2 aromatic carbocycles. The molecule has 1 saturated heterocycles. The van der Waals surface area contributed by atoms with Gasteiger partial charge < -0.3 is 14.4 Å². The number of nitrogens with zero attached hydrogens (tertiary/aromatic N) is 2. The maximum atomic E-state index is 12.2. The fraction of sp³-hybridized carbons (Fsp3) is 0.167. The molecule has 1 aliphatic heterocycles. The predicted molar refractivity (Wildman–Crippen MR) is 92.6 cm³/mol. The lowest BCUT2D eigenvalue weighted by Gasteiger charge is -2.17. The monoisotopic (exact) mass is 356 g/mol. The number of halogens is 1. The predicted octanol–water partition coefficient (Wildman–Crippen LogP) is 3.59. The van der Waals surface area contributed by atoms with Crippen LogP contribution in [-0.2, 0) is 9.59 Å². The quantitative estimate of drug-likeness (QED) is 0.775. The van der Waals surface area contributed by atoms with Gasteiger partial charge in [-0.1, -0.05) is 23.7 Å². The molecule has 6 nitrogen and oxygen atoms in total. The molecule has 126 valence electrons. The smallest absolute Gasteiger partial charge is 0.308 e. The van der Waals surface area contributed by atoms with E-state index < -0.39 is 11.9 Å². The fourth-order valence-corrected chi connectivity index (χ4v) is 3.15. The number of anilines is 1. The number of fused-ring (bicyclic) bond motifs is 1. The van der Waals surface area contributed by atoms with E-state index in [9.17, 15) is 9.59 Å². The number of carboxylic acids is 1. The summed E-state index contributed by atoms with van der Waals surface area (Å²) in [7, 11) is 0. The summed E-state index contributed by atoms with van der Waals surface area (Å²) < 4.78 is 5.75. The van der Waals surface area contributed by atoms with Crippen LogP contribution in [0.15, 0.2) is 46.9 Å². The topological polar surface area (TPSA) is 83.6 Å². The van der Waals surface area contributed by atoms with Gasteiger partial charge >= 0.3 is 5.97 Å². The molecule has 25 heavy (non-hydrogen) atoms. The molecular formula is C18H13ClN2O4. The third kappa shape index (κ3) is 2.74. The third-order valence-electron chi connectivity index (χ3n) is 4.26. The first-order valence-corrected chi connectivity index (χ1v) is 8.09. The van der Waals surface area contributed by atoms with Gasteiger partial charge in [-0.2, -0.15) is 0 Å². The van der Waals surface area contributed by atoms with E-state index in [-0.39, 0.29) is 18.9 Å². The van der Waals surface area contributed by atoms with Crippen molar-refractivity contribution in [1.82, 2.24) is 4.98 Å². The highest BCUT2D eigenvalue weighted by Crippen LogP contribution is 2.35. The first-order valence-electron chi connectivity index (χ1n) is 7.71. The SMILES string of the molecule is O=C(O)[C@@H]1CC(=O)N(c2ccc(Cl)c(-c3nc4ccccc4o3)c2)C1. The van der Waals surface area contributed by atoms with Gasteiger partial charge in [-0.25, -0.2) is 4.98 Å². The largest absolute Gasteiger partial charge is 0.481 e. The van der Waals surface area contributed by atoms with Gasteiger partial charge in [0.25, 0.3) is 0 Å². The van der Waals surface area contributed by atoms with Crippen LogP contribution >= 0.6 is 11.6 Å². The van der Waals surface area contributed by atoms with E-state index in [0.717, 1.165) is 0 Å². The van der Waals surface area contributed by atoms with E-state index in [2.05, 4.69) is 4.98 Å². The summed E-state index contributed by atoms with van der Waals surface area (Å²) in [6.07, 6.45) is -0.00379. The lowest BCUT2D eigenvalue weighted by Crippen LogP contribution is -2.25. The highest BCUT2D eigenvalue weighted by molar-refractivity contribution is 6.33. The zero-order chi connectivity index (χ0) is 17.6. The highest BCUT2D eigenvalue weighted by Gasteiger charge is 2.35. The summed E-state index contributed by atoms with van der Waals surface area (Å²) in [5.41, 5.74) is 2.49. The summed E-state index contributed by atoms with van der Waals surface area (Å²) in [4.78, 5) is 29.2. The van der Waals surface area contributed by atoms with Crippen LogP contribution in [0.25, 0.3) is 22.6 Å². The Kier molecular flexibility index (Phi) is 3.69. The minimum absolute atomic E-state index is 0.00379. The molecule has 1 atom stereocenters. The van der Waals surface area contributed by atoms with Crippen LogP contribution in [0.5, 0.6) is 0 Å². The van der Waals surface area contributed by atoms with E-state index in [1.165, 1.54) is 4.90 Å². The number of aliphatic carboxylic acids is 1. The Bertz CT molecular complexity index is 965. The third-order valence-corrected chi connectivity index (χ3v) is 4.59. The van der Waals surface area contributed by atoms with Crippen LogP contribution in [0, 0.1) is 5.92 Å². The Balaban J connectivity index is 1.74. The molecule has 0 saturated carbocycles. The van der Waals surface area contributed by atoms with Gasteiger partial charge in [0.05, 0.1) is 16.5 Å². The zero-order valence-electron chi connectivity index (χ0n) is 13.0.